The molecular formula is C29H37NO4. The van der Waals surface area contributed by atoms with Crippen LogP contribution in [0.1, 0.15) is 74.9 Å². The molecule has 1 aliphatic heterocycles. The number of carbonyl (C=O) groups excluding carboxylic acids is 2. The lowest BCUT2D eigenvalue weighted by molar-refractivity contribution is -0.140. The van der Waals surface area contributed by atoms with Crippen LogP contribution in [0.5, 0.6) is 0 Å². The van der Waals surface area contributed by atoms with Gasteiger partial charge in [-0.15, -0.1) is 0 Å². The molecule has 0 saturated carbocycles. The lowest BCUT2D eigenvalue weighted by atomic mass is 9.85. The van der Waals surface area contributed by atoms with Crippen molar-refractivity contribution in [3.8, 4) is 0 Å². The average molecular weight is 464 g/mol. The number of carbonyl (C=O) groups is 2. The predicted molar refractivity (Wildman–Crippen MR) is 136 cm³/mol. The smallest absolute Gasteiger partial charge is 0.295 e. The Morgan fingerprint density at radius 2 is 1.71 bits per heavy atom. The zero-order chi connectivity index (χ0) is 25.2. The van der Waals surface area contributed by atoms with Crippen LogP contribution in [0, 0.1) is 13.8 Å². The Balaban J connectivity index is 2.10. The molecule has 1 N–H and O–H groups in total. The summed E-state index contributed by atoms with van der Waals surface area (Å²) in [6.07, 6.45) is 0.700. The first-order valence-electron chi connectivity index (χ1n) is 12.0. The molecular weight excluding hydrogens is 426 g/mol. The molecule has 1 heterocycles. The molecule has 1 aliphatic rings. The van der Waals surface area contributed by atoms with Crippen LogP contribution in [-0.2, 0) is 19.7 Å². The number of hydrogen-bond donors (Lipinski definition) is 1. The highest BCUT2D eigenvalue weighted by Gasteiger charge is 2.46. The largest absolute Gasteiger partial charge is 0.507 e. The van der Waals surface area contributed by atoms with E-state index in [-0.39, 0.29) is 22.9 Å². The maximum Gasteiger partial charge on any atom is 0.295 e. The van der Waals surface area contributed by atoms with Gasteiger partial charge in [-0.25, -0.2) is 0 Å². The number of ketones is 1. The first-order valence-corrected chi connectivity index (χ1v) is 12.0. The van der Waals surface area contributed by atoms with E-state index in [1.54, 1.807) is 4.90 Å². The van der Waals surface area contributed by atoms with E-state index in [1.807, 2.05) is 70.2 Å². The number of likely N-dealkylation sites (tertiary alicyclic amines) is 1. The second-order valence-electron chi connectivity index (χ2n) is 10.5. The molecule has 1 saturated heterocycles. The minimum absolute atomic E-state index is 0.0206. The topological polar surface area (TPSA) is 66.8 Å². The Labute approximate surface area is 203 Å². The molecule has 34 heavy (non-hydrogen) atoms. The van der Waals surface area contributed by atoms with Crippen molar-refractivity contribution in [3.63, 3.8) is 0 Å². The summed E-state index contributed by atoms with van der Waals surface area (Å²) in [6, 6.07) is 13.1. The van der Waals surface area contributed by atoms with Gasteiger partial charge >= 0.3 is 0 Å². The van der Waals surface area contributed by atoms with Crippen molar-refractivity contribution in [2.45, 2.75) is 72.4 Å². The van der Waals surface area contributed by atoms with Crippen LogP contribution >= 0.6 is 0 Å². The Bertz CT molecular complexity index is 1090. The maximum absolute atomic E-state index is 13.2. The van der Waals surface area contributed by atoms with Crippen molar-refractivity contribution < 1.29 is 19.4 Å². The van der Waals surface area contributed by atoms with Gasteiger partial charge in [0.05, 0.1) is 17.7 Å². The molecule has 0 bridgehead atoms. The summed E-state index contributed by atoms with van der Waals surface area (Å²) in [5.74, 6) is -1.35. The maximum atomic E-state index is 13.2. The molecule has 3 rings (SSSR count). The quantitative estimate of drug-likeness (QED) is 0.243. The van der Waals surface area contributed by atoms with Crippen molar-refractivity contribution in [2.75, 3.05) is 13.2 Å². The highest BCUT2D eigenvalue weighted by atomic mass is 16.5. The summed E-state index contributed by atoms with van der Waals surface area (Å²) in [6.45, 7) is 15.0. The predicted octanol–water partition coefficient (Wildman–Crippen LogP) is 5.84. The Morgan fingerprint density at radius 3 is 2.29 bits per heavy atom. The number of rotatable bonds is 7. The van der Waals surface area contributed by atoms with Gasteiger partial charge in [0.1, 0.15) is 5.76 Å². The molecule has 0 aliphatic carbocycles. The number of hydrogen-bond acceptors (Lipinski definition) is 4. The first kappa shape index (κ1) is 25.7. The Morgan fingerprint density at radius 1 is 1.06 bits per heavy atom. The molecule has 2 aromatic carbocycles. The van der Waals surface area contributed by atoms with E-state index in [9.17, 15) is 14.7 Å². The molecule has 0 radical (unpaired) electrons. The SMILES string of the molecule is Cc1ccc(C)c(/C(O)=C2\C(=O)C(=O)N(CCCOC(C)C)C2c2ccc(C(C)(C)C)cc2)c1. The standard InChI is InChI=1S/C29H37NO4/c1-18(2)34-16-8-15-30-25(21-11-13-22(14-12-21)29(5,6)7)24(27(32)28(30)33)26(31)23-17-19(3)9-10-20(23)4/h9-14,17-18,25,31H,8,15-16H2,1-7H3/b26-24+. The third-order valence-corrected chi connectivity index (χ3v) is 6.28. The van der Waals surface area contributed by atoms with E-state index in [0.717, 1.165) is 22.3 Å². The summed E-state index contributed by atoms with van der Waals surface area (Å²) in [5.41, 5.74) is 4.49. The molecule has 1 fully saturated rings. The average Bonchev–Trinajstić information content (AvgIpc) is 3.02. The number of ether oxygens (including phenoxy) is 1. The molecule has 5 nitrogen and oxygen atoms in total. The fraction of sp³-hybridized carbons (Fsp3) is 0.448. The summed E-state index contributed by atoms with van der Waals surface area (Å²) >= 11 is 0. The van der Waals surface area contributed by atoms with E-state index in [1.165, 1.54) is 0 Å². The summed E-state index contributed by atoms with van der Waals surface area (Å²) in [7, 11) is 0. The van der Waals surface area contributed by atoms with Gasteiger partial charge in [0.2, 0.25) is 0 Å². The first-order chi connectivity index (χ1) is 15.9. The van der Waals surface area contributed by atoms with Gasteiger partial charge in [-0.05, 0) is 62.3 Å². The van der Waals surface area contributed by atoms with Gasteiger partial charge in [-0.2, -0.15) is 0 Å². The Hall–Kier alpha value is -2.92. The second kappa shape index (κ2) is 10.1. The van der Waals surface area contributed by atoms with Crippen LogP contribution < -0.4 is 0 Å². The lowest BCUT2D eigenvalue weighted by Crippen LogP contribution is -2.31. The summed E-state index contributed by atoms with van der Waals surface area (Å²) in [4.78, 5) is 27.9. The van der Waals surface area contributed by atoms with Gasteiger partial charge in [0.15, 0.2) is 0 Å². The number of nitrogens with zero attached hydrogens (tertiary/aromatic N) is 1. The zero-order valence-corrected chi connectivity index (χ0v) is 21.4. The van der Waals surface area contributed by atoms with E-state index < -0.39 is 17.7 Å². The molecule has 1 atom stereocenters. The summed E-state index contributed by atoms with van der Waals surface area (Å²) < 4.78 is 5.65. The number of aliphatic hydroxyl groups excluding tert-OH is 1. The number of benzene rings is 2. The van der Waals surface area contributed by atoms with Gasteiger partial charge in [0.25, 0.3) is 11.7 Å². The van der Waals surface area contributed by atoms with Crippen molar-refractivity contribution in [2.24, 2.45) is 0 Å². The van der Waals surface area contributed by atoms with Crippen molar-refractivity contribution in [3.05, 3.63) is 75.9 Å². The summed E-state index contributed by atoms with van der Waals surface area (Å²) in [5, 5.41) is 11.3. The second-order valence-corrected chi connectivity index (χ2v) is 10.5. The Kier molecular flexibility index (Phi) is 7.67. The van der Waals surface area contributed by atoms with Crippen LogP contribution in [-0.4, -0.2) is 41.0 Å². The highest BCUT2D eigenvalue weighted by Crippen LogP contribution is 2.40. The third kappa shape index (κ3) is 5.41. The normalized spacial score (nSPS) is 18.2. The molecule has 0 aromatic heterocycles. The number of Topliss-reactive ketones (excluding diaryl/α,β-unsaturated/α-hetero) is 1. The number of aliphatic hydroxyl groups is 1. The van der Waals surface area contributed by atoms with Crippen LogP contribution in [0.2, 0.25) is 0 Å². The molecule has 2 aromatic rings. The number of aryl methyl sites for hydroxylation is 2. The van der Waals surface area contributed by atoms with E-state index >= 15 is 0 Å². The van der Waals surface area contributed by atoms with Gasteiger partial charge in [-0.1, -0.05) is 62.7 Å². The van der Waals surface area contributed by atoms with Crippen molar-refractivity contribution in [1.29, 1.82) is 0 Å². The van der Waals surface area contributed by atoms with Crippen LogP contribution in [0.25, 0.3) is 5.76 Å². The van der Waals surface area contributed by atoms with Crippen LogP contribution in [0.15, 0.2) is 48.0 Å². The molecule has 5 heteroatoms. The van der Waals surface area contributed by atoms with Gasteiger partial charge in [-0.3, -0.25) is 9.59 Å². The van der Waals surface area contributed by atoms with Crippen molar-refractivity contribution in [1.82, 2.24) is 4.90 Å². The molecule has 1 unspecified atom stereocenters. The van der Waals surface area contributed by atoms with Gasteiger partial charge in [0, 0.05) is 18.7 Å². The minimum Gasteiger partial charge on any atom is -0.507 e. The molecule has 0 spiro atoms. The molecule has 182 valence electrons. The van der Waals surface area contributed by atoms with E-state index in [0.29, 0.717) is 25.1 Å². The zero-order valence-electron chi connectivity index (χ0n) is 21.4. The van der Waals surface area contributed by atoms with Crippen LogP contribution in [0.3, 0.4) is 0 Å². The van der Waals surface area contributed by atoms with E-state index in [2.05, 4.69) is 20.8 Å². The fourth-order valence-corrected chi connectivity index (χ4v) is 4.31. The lowest BCUT2D eigenvalue weighted by Gasteiger charge is -2.27. The fourth-order valence-electron chi connectivity index (χ4n) is 4.31. The van der Waals surface area contributed by atoms with Crippen LogP contribution in [0.4, 0.5) is 0 Å². The third-order valence-electron chi connectivity index (χ3n) is 6.28. The van der Waals surface area contributed by atoms with Gasteiger partial charge < -0.3 is 14.7 Å². The van der Waals surface area contributed by atoms with E-state index in [4.69, 9.17) is 4.74 Å². The molecule has 1 amide bonds. The van der Waals surface area contributed by atoms with Crippen molar-refractivity contribution >= 4 is 17.4 Å². The number of amides is 1. The minimum atomic E-state index is -0.645. The highest BCUT2D eigenvalue weighted by molar-refractivity contribution is 6.46. The monoisotopic (exact) mass is 463 g/mol.